The van der Waals surface area contributed by atoms with Crippen molar-refractivity contribution in [2.24, 2.45) is 5.92 Å². The lowest BCUT2D eigenvalue weighted by atomic mass is 9.97. The number of rotatable bonds is 9. The van der Waals surface area contributed by atoms with Crippen molar-refractivity contribution >= 4 is 0 Å². The van der Waals surface area contributed by atoms with Gasteiger partial charge < -0.3 is 19.5 Å². The van der Waals surface area contributed by atoms with Crippen LogP contribution in [-0.2, 0) is 6.42 Å². The SMILES string of the molecule is CCCCc1nnc(OCC2CCCN(C)C2)cc1-c1ccc(OC2CCCCC2)cc1.CO. The first kappa shape index (κ1) is 26.4. The molecule has 1 aromatic carbocycles. The molecule has 1 atom stereocenters. The molecule has 2 aromatic rings. The van der Waals surface area contributed by atoms with E-state index in [1.807, 2.05) is 0 Å². The van der Waals surface area contributed by atoms with Crippen LogP contribution in [0.4, 0.5) is 0 Å². The summed E-state index contributed by atoms with van der Waals surface area (Å²) in [6.07, 6.45) is 12.3. The minimum absolute atomic E-state index is 0.371. The predicted molar refractivity (Wildman–Crippen MR) is 137 cm³/mol. The van der Waals surface area contributed by atoms with E-state index in [-0.39, 0.29) is 0 Å². The number of aliphatic hydroxyl groups excluding tert-OH is 1. The molecule has 0 amide bonds. The molecule has 2 fully saturated rings. The van der Waals surface area contributed by atoms with Gasteiger partial charge in [0.25, 0.3) is 0 Å². The zero-order valence-corrected chi connectivity index (χ0v) is 21.3. The summed E-state index contributed by atoms with van der Waals surface area (Å²) in [4.78, 5) is 2.39. The molecule has 1 saturated carbocycles. The van der Waals surface area contributed by atoms with Crippen molar-refractivity contribution in [1.82, 2.24) is 15.1 Å². The zero-order chi connectivity index (χ0) is 24.2. The summed E-state index contributed by atoms with van der Waals surface area (Å²) in [7, 11) is 3.19. The van der Waals surface area contributed by atoms with Crippen molar-refractivity contribution in [3.63, 3.8) is 0 Å². The molecule has 1 N–H and O–H groups in total. The second-order valence-electron chi connectivity index (χ2n) is 9.63. The highest BCUT2D eigenvalue weighted by molar-refractivity contribution is 5.67. The van der Waals surface area contributed by atoms with Gasteiger partial charge in [-0.25, -0.2) is 0 Å². The Bertz CT molecular complexity index is 837. The van der Waals surface area contributed by atoms with Gasteiger partial charge in [0.2, 0.25) is 5.88 Å². The van der Waals surface area contributed by atoms with Gasteiger partial charge in [-0.05, 0) is 82.7 Å². The van der Waals surface area contributed by atoms with Crippen molar-refractivity contribution in [3.8, 4) is 22.8 Å². The van der Waals surface area contributed by atoms with Gasteiger partial charge >= 0.3 is 0 Å². The molecule has 1 unspecified atom stereocenters. The van der Waals surface area contributed by atoms with Crippen LogP contribution in [0.2, 0.25) is 0 Å². The minimum atomic E-state index is 0.371. The first-order valence-corrected chi connectivity index (χ1v) is 13.1. The maximum absolute atomic E-state index is 7.00. The van der Waals surface area contributed by atoms with Crippen LogP contribution in [0, 0.1) is 5.92 Å². The quantitative estimate of drug-likeness (QED) is 0.521. The van der Waals surface area contributed by atoms with Crippen LogP contribution in [0.1, 0.15) is 70.4 Å². The number of likely N-dealkylation sites (tertiary alicyclic amines) is 1. The Morgan fingerprint density at radius 1 is 1.00 bits per heavy atom. The van der Waals surface area contributed by atoms with Gasteiger partial charge in [-0.2, -0.15) is 5.10 Å². The summed E-state index contributed by atoms with van der Waals surface area (Å²) < 4.78 is 12.3. The maximum atomic E-state index is 7.00. The zero-order valence-electron chi connectivity index (χ0n) is 21.3. The lowest BCUT2D eigenvalue weighted by Gasteiger charge is -2.29. The average Bonchev–Trinajstić information content (AvgIpc) is 2.89. The standard InChI is InChI=1S/C27H39N3O2.CH4O/c1-3-4-12-26-25(18-27(29-28-26)31-20-21-9-8-17-30(2)19-21)22-13-15-24(16-14-22)32-23-10-6-5-7-11-23;1-2/h13-16,18,21,23H,3-12,17,19-20H2,1-2H3;2H,1H3. The Kier molecular flexibility index (Phi) is 11.1. The number of hydrogen-bond donors (Lipinski definition) is 1. The molecule has 1 saturated heterocycles. The van der Waals surface area contributed by atoms with E-state index in [2.05, 4.69) is 59.4 Å². The Morgan fingerprint density at radius 2 is 1.76 bits per heavy atom. The van der Waals surface area contributed by atoms with E-state index in [0.717, 1.165) is 55.5 Å². The highest BCUT2D eigenvalue weighted by Crippen LogP contribution is 2.30. The molecule has 0 radical (unpaired) electrons. The molecule has 1 aromatic heterocycles. The number of aromatic nitrogens is 2. The fraction of sp³-hybridized carbons (Fsp3) is 0.643. The van der Waals surface area contributed by atoms with Gasteiger partial charge in [0, 0.05) is 31.2 Å². The van der Waals surface area contributed by atoms with Crippen molar-refractivity contribution in [3.05, 3.63) is 36.0 Å². The lowest BCUT2D eigenvalue weighted by molar-refractivity contribution is 0.147. The van der Waals surface area contributed by atoms with E-state index in [4.69, 9.17) is 14.6 Å². The van der Waals surface area contributed by atoms with E-state index in [9.17, 15) is 0 Å². The minimum Gasteiger partial charge on any atom is -0.490 e. The van der Waals surface area contributed by atoms with E-state index in [1.165, 1.54) is 51.5 Å². The molecule has 4 rings (SSSR count). The molecule has 1 aliphatic heterocycles. The van der Waals surface area contributed by atoms with Crippen LogP contribution in [0.5, 0.6) is 11.6 Å². The van der Waals surface area contributed by atoms with Crippen molar-refractivity contribution < 1.29 is 14.6 Å². The fourth-order valence-corrected chi connectivity index (χ4v) is 4.95. The highest BCUT2D eigenvalue weighted by atomic mass is 16.5. The smallest absolute Gasteiger partial charge is 0.234 e. The number of aryl methyl sites for hydroxylation is 1. The molecule has 0 spiro atoms. The highest BCUT2D eigenvalue weighted by Gasteiger charge is 2.19. The summed E-state index contributed by atoms with van der Waals surface area (Å²) >= 11 is 0. The predicted octanol–water partition coefficient (Wildman–Crippen LogP) is 5.53. The molecule has 188 valence electrons. The molecule has 6 nitrogen and oxygen atoms in total. The summed E-state index contributed by atoms with van der Waals surface area (Å²) in [5.41, 5.74) is 3.34. The monoisotopic (exact) mass is 469 g/mol. The molecule has 2 aliphatic rings. The average molecular weight is 470 g/mol. The first-order valence-electron chi connectivity index (χ1n) is 13.1. The third-order valence-corrected chi connectivity index (χ3v) is 6.82. The molecule has 2 heterocycles. The Balaban J connectivity index is 0.00000158. The molecule has 1 aliphatic carbocycles. The second kappa shape index (κ2) is 14.3. The molecule has 34 heavy (non-hydrogen) atoms. The summed E-state index contributed by atoms with van der Waals surface area (Å²) in [6, 6.07) is 10.6. The number of benzene rings is 1. The third-order valence-electron chi connectivity index (χ3n) is 6.82. The van der Waals surface area contributed by atoms with Crippen LogP contribution in [0.25, 0.3) is 11.1 Å². The van der Waals surface area contributed by atoms with Gasteiger partial charge in [0.15, 0.2) is 0 Å². The maximum Gasteiger partial charge on any atom is 0.234 e. The molecular formula is C28H43N3O3. The number of unbranched alkanes of at least 4 members (excludes halogenated alkanes) is 1. The van der Waals surface area contributed by atoms with Gasteiger partial charge in [-0.15, -0.1) is 5.10 Å². The largest absolute Gasteiger partial charge is 0.490 e. The topological polar surface area (TPSA) is 67.7 Å². The Morgan fingerprint density at radius 3 is 2.47 bits per heavy atom. The summed E-state index contributed by atoms with van der Waals surface area (Å²) in [6.45, 7) is 5.20. The van der Waals surface area contributed by atoms with E-state index < -0.39 is 0 Å². The fourth-order valence-electron chi connectivity index (χ4n) is 4.95. The Hall–Kier alpha value is -2.18. The van der Waals surface area contributed by atoms with E-state index in [1.54, 1.807) is 0 Å². The molecule has 6 heteroatoms. The second-order valence-corrected chi connectivity index (χ2v) is 9.63. The van der Waals surface area contributed by atoms with Crippen LogP contribution in [0.3, 0.4) is 0 Å². The van der Waals surface area contributed by atoms with Crippen molar-refractivity contribution in [2.45, 2.75) is 77.2 Å². The molecular weight excluding hydrogens is 426 g/mol. The van der Waals surface area contributed by atoms with Crippen LogP contribution < -0.4 is 9.47 Å². The van der Waals surface area contributed by atoms with E-state index in [0.29, 0.717) is 24.5 Å². The first-order chi connectivity index (χ1) is 16.7. The molecule has 0 bridgehead atoms. The summed E-state index contributed by atoms with van der Waals surface area (Å²) in [5, 5.41) is 16.0. The van der Waals surface area contributed by atoms with Gasteiger partial charge in [0.1, 0.15) is 5.75 Å². The summed E-state index contributed by atoms with van der Waals surface area (Å²) in [5.74, 6) is 2.17. The van der Waals surface area contributed by atoms with Gasteiger partial charge in [-0.1, -0.05) is 31.9 Å². The Labute approximate surface area is 205 Å². The normalized spacial score (nSPS) is 19.2. The lowest BCUT2D eigenvalue weighted by Crippen LogP contribution is -2.34. The van der Waals surface area contributed by atoms with Crippen LogP contribution in [0.15, 0.2) is 30.3 Å². The van der Waals surface area contributed by atoms with Gasteiger partial charge in [-0.3, -0.25) is 0 Å². The van der Waals surface area contributed by atoms with Crippen LogP contribution in [-0.4, -0.2) is 60.2 Å². The number of aliphatic hydroxyl groups is 1. The third kappa shape index (κ3) is 7.95. The van der Waals surface area contributed by atoms with Crippen LogP contribution >= 0.6 is 0 Å². The number of hydrogen-bond acceptors (Lipinski definition) is 6. The van der Waals surface area contributed by atoms with Gasteiger partial charge in [0.05, 0.1) is 18.4 Å². The van der Waals surface area contributed by atoms with E-state index >= 15 is 0 Å². The van der Waals surface area contributed by atoms with Crippen molar-refractivity contribution in [1.29, 1.82) is 0 Å². The number of nitrogens with zero attached hydrogens (tertiary/aromatic N) is 3. The van der Waals surface area contributed by atoms with Crippen molar-refractivity contribution in [2.75, 3.05) is 33.9 Å². The number of piperidine rings is 1. The number of ether oxygens (including phenoxy) is 2.